The van der Waals surface area contributed by atoms with Crippen LogP contribution in [0, 0.1) is 3.57 Å². The van der Waals surface area contributed by atoms with Gasteiger partial charge in [-0.1, -0.05) is 29.3 Å². The minimum Gasteiger partial charge on any atom is -0.383 e. The van der Waals surface area contributed by atoms with E-state index in [2.05, 4.69) is 27.7 Å². The number of hydrogen-bond donors (Lipinski definition) is 1. The van der Waals surface area contributed by atoms with Crippen LogP contribution in [0.2, 0.25) is 10.0 Å². The molecule has 0 aliphatic heterocycles. The number of hydrogen-bond acceptors (Lipinski definition) is 2. The van der Waals surface area contributed by atoms with E-state index in [-0.39, 0.29) is 27.0 Å². The quantitative estimate of drug-likeness (QED) is 0.438. The molecular formula is C16H9Cl2F3IN3. The van der Waals surface area contributed by atoms with Gasteiger partial charge in [0.05, 0.1) is 11.3 Å². The third-order valence-corrected chi connectivity index (χ3v) is 4.50. The molecule has 1 aromatic heterocycles. The fraction of sp³-hybridized carbons (Fsp3) is 0.0625. The maximum absolute atomic E-state index is 13.5. The molecule has 2 aromatic carbocycles. The molecule has 0 amide bonds. The summed E-state index contributed by atoms with van der Waals surface area (Å²) in [6, 6.07) is 11.0. The first-order valence-corrected chi connectivity index (χ1v) is 8.68. The van der Waals surface area contributed by atoms with Gasteiger partial charge in [-0.2, -0.15) is 18.3 Å². The van der Waals surface area contributed by atoms with Crippen LogP contribution in [0.15, 0.2) is 42.5 Å². The summed E-state index contributed by atoms with van der Waals surface area (Å²) < 4.78 is 42.5. The number of nitrogens with zero attached hydrogens (tertiary/aromatic N) is 2. The Morgan fingerprint density at radius 1 is 1.04 bits per heavy atom. The molecular weight excluding hydrogens is 489 g/mol. The van der Waals surface area contributed by atoms with E-state index in [4.69, 9.17) is 28.9 Å². The molecule has 3 nitrogen and oxygen atoms in total. The molecule has 0 radical (unpaired) electrons. The zero-order valence-electron chi connectivity index (χ0n) is 12.3. The van der Waals surface area contributed by atoms with Gasteiger partial charge in [-0.25, -0.2) is 4.68 Å². The number of benzene rings is 2. The van der Waals surface area contributed by atoms with Gasteiger partial charge in [-0.15, -0.1) is 0 Å². The van der Waals surface area contributed by atoms with Gasteiger partial charge in [0.1, 0.15) is 5.82 Å². The van der Waals surface area contributed by atoms with Gasteiger partial charge >= 0.3 is 6.18 Å². The fourth-order valence-electron chi connectivity index (χ4n) is 2.42. The highest BCUT2D eigenvalue weighted by Crippen LogP contribution is 2.42. The SMILES string of the molecule is Nc1c(-c2cc(Cl)cc(Cl)c2)c(C(F)(F)F)nn1-c1cccc(I)c1. The maximum atomic E-state index is 13.5. The summed E-state index contributed by atoms with van der Waals surface area (Å²) >= 11 is 13.9. The highest BCUT2D eigenvalue weighted by molar-refractivity contribution is 14.1. The Hall–Kier alpha value is -1.45. The first kappa shape index (κ1) is 18.3. The van der Waals surface area contributed by atoms with Gasteiger partial charge in [-0.3, -0.25) is 0 Å². The number of nitrogen functional groups attached to an aromatic ring is 1. The zero-order chi connectivity index (χ0) is 18.4. The third kappa shape index (κ3) is 3.73. The first-order valence-electron chi connectivity index (χ1n) is 6.85. The van der Waals surface area contributed by atoms with E-state index in [1.165, 1.54) is 18.2 Å². The largest absolute Gasteiger partial charge is 0.435 e. The summed E-state index contributed by atoms with van der Waals surface area (Å²) in [7, 11) is 0. The van der Waals surface area contributed by atoms with Crippen molar-refractivity contribution in [3.8, 4) is 16.8 Å². The molecule has 0 aliphatic rings. The molecule has 2 N–H and O–H groups in total. The van der Waals surface area contributed by atoms with Gasteiger partial charge in [0, 0.05) is 13.6 Å². The molecule has 1 heterocycles. The Bertz CT molecular complexity index is 934. The van der Waals surface area contributed by atoms with E-state index < -0.39 is 11.9 Å². The van der Waals surface area contributed by atoms with Crippen molar-refractivity contribution in [2.24, 2.45) is 0 Å². The summed E-state index contributed by atoms with van der Waals surface area (Å²) in [6.07, 6.45) is -4.69. The van der Waals surface area contributed by atoms with Crippen LogP contribution in [0.1, 0.15) is 5.69 Å². The number of rotatable bonds is 2. The van der Waals surface area contributed by atoms with Gasteiger partial charge in [-0.05, 0) is 64.6 Å². The molecule has 0 unspecified atom stereocenters. The second-order valence-electron chi connectivity index (χ2n) is 5.16. The summed E-state index contributed by atoms with van der Waals surface area (Å²) in [5.41, 5.74) is 5.26. The molecule has 0 saturated heterocycles. The summed E-state index contributed by atoms with van der Waals surface area (Å²) in [5.74, 6) is -0.146. The van der Waals surface area contributed by atoms with Gasteiger partial charge < -0.3 is 5.73 Å². The van der Waals surface area contributed by atoms with E-state index in [9.17, 15) is 13.2 Å². The normalized spacial score (nSPS) is 11.8. The minimum absolute atomic E-state index is 0.146. The van der Waals surface area contributed by atoms with E-state index in [0.29, 0.717) is 5.69 Å². The minimum atomic E-state index is -4.69. The Labute approximate surface area is 164 Å². The monoisotopic (exact) mass is 497 g/mol. The number of alkyl halides is 3. The van der Waals surface area contributed by atoms with Crippen LogP contribution in [-0.2, 0) is 6.18 Å². The lowest BCUT2D eigenvalue weighted by atomic mass is 10.1. The third-order valence-electron chi connectivity index (χ3n) is 3.39. The molecule has 130 valence electrons. The molecule has 0 saturated carbocycles. The van der Waals surface area contributed by atoms with Gasteiger partial charge in [0.15, 0.2) is 5.69 Å². The number of aromatic nitrogens is 2. The lowest BCUT2D eigenvalue weighted by Gasteiger charge is -2.08. The van der Waals surface area contributed by atoms with Crippen molar-refractivity contribution in [3.63, 3.8) is 0 Å². The van der Waals surface area contributed by atoms with Crippen LogP contribution in [-0.4, -0.2) is 9.78 Å². The lowest BCUT2D eigenvalue weighted by Crippen LogP contribution is -2.08. The standard InChI is InChI=1S/C16H9Cl2F3IN3/c17-9-4-8(5-10(18)6-9)13-14(16(19,20)21)24-25(15(13)23)12-3-1-2-11(22)7-12/h1-7H,23H2. The predicted octanol–water partition coefficient (Wildman–Crippen LogP) is 6.05. The number of anilines is 1. The van der Waals surface area contributed by atoms with Crippen LogP contribution < -0.4 is 5.73 Å². The second kappa shape index (κ2) is 6.69. The first-order chi connectivity index (χ1) is 11.7. The molecule has 0 bridgehead atoms. The average Bonchev–Trinajstić information content (AvgIpc) is 2.84. The molecule has 0 spiro atoms. The molecule has 3 rings (SSSR count). The van der Waals surface area contributed by atoms with Crippen molar-refractivity contribution in [3.05, 3.63) is 61.8 Å². The van der Waals surface area contributed by atoms with Crippen molar-refractivity contribution in [2.75, 3.05) is 5.73 Å². The summed E-state index contributed by atoms with van der Waals surface area (Å²) in [6.45, 7) is 0. The van der Waals surface area contributed by atoms with E-state index in [1.54, 1.807) is 18.2 Å². The molecule has 0 atom stereocenters. The van der Waals surface area contributed by atoms with Gasteiger partial charge in [0.2, 0.25) is 0 Å². The van der Waals surface area contributed by atoms with Crippen molar-refractivity contribution >= 4 is 51.6 Å². The molecule has 9 heteroatoms. The Morgan fingerprint density at radius 3 is 2.24 bits per heavy atom. The second-order valence-corrected chi connectivity index (χ2v) is 7.27. The van der Waals surface area contributed by atoms with Crippen LogP contribution in [0.5, 0.6) is 0 Å². The average molecular weight is 498 g/mol. The molecule has 25 heavy (non-hydrogen) atoms. The van der Waals surface area contributed by atoms with Crippen molar-refractivity contribution in [1.82, 2.24) is 9.78 Å². The summed E-state index contributed by atoms with van der Waals surface area (Å²) in [5, 5.41) is 4.12. The fourth-order valence-corrected chi connectivity index (χ4v) is 3.47. The van der Waals surface area contributed by atoms with E-state index in [1.807, 2.05) is 6.07 Å². The number of nitrogens with two attached hydrogens (primary N) is 1. The summed E-state index contributed by atoms with van der Waals surface area (Å²) in [4.78, 5) is 0. The van der Waals surface area contributed by atoms with Crippen molar-refractivity contribution < 1.29 is 13.2 Å². The lowest BCUT2D eigenvalue weighted by molar-refractivity contribution is -0.140. The molecule has 3 aromatic rings. The van der Waals surface area contributed by atoms with Crippen LogP contribution in [0.25, 0.3) is 16.8 Å². The van der Waals surface area contributed by atoms with Gasteiger partial charge in [0.25, 0.3) is 0 Å². The van der Waals surface area contributed by atoms with E-state index in [0.717, 1.165) is 8.25 Å². The Morgan fingerprint density at radius 2 is 1.68 bits per heavy atom. The Balaban J connectivity index is 2.30. The van der Waals surface area contributed by atoms with Crippen LogP contribution in [0.3, 0.4) is 0 Å². The molecule has 0 fully saturated rings. The smallest absolute Gasteiger partial charge is 0.383 e. The van der Waals surface area contributed by atoms with Crippen LogP contribution >= 0.6 is 45.8 Å². The highest BCUT2D eigenvalue weighted by atomic mass is 127. The maximum Gasteiger partial charge on any atom is 0.435 e. The van der Waals surface area contributed by atoms with Crippen molar-refractivity contribution in [1.29, 1.82) is 0 Å². The van der Waals surface area contributed by atoms with E-state index >= 15 is 0 Å². The zero-order valence-corrected chi connectivity index (χ0v) is 16.0. The molecule has 0 aliphatic carbocycles. The topological polar surface area (TPSA) is 43.8 Å². The Kier molecular flexibility index (Phi) is 4.91. The highest BCUT2D eigenvalue weighted by Gasteiger charge is 2.39. The predicted molar refractivity (Wildman–Crippen MR) is 101 cm³/mol. The van der Waals surface area contributed by atoms with Crippen molar-refractivity contribution in [2.45, 2.75) is 6.18 Å². The number of halogens is 6. The van der Waals surface area contributed by atoms with Crippen LogP contribution in [0.4, 0.5) is 19.0 Å².